The molecule has 1 atom stereocenters. The molecule has 1 N–H and O–H groups in total. The molecule has 0 aliphatic carbocycles. The second-order valence-electron chi connectivity index (χ2n) is 4.94. The molecule has 0 heterocycles. The van der Waals surface area contributed by atoms with Crippen LogP contribution in [0.4, 0.5) is 5.69 Å². The van der Waals surface area contributed by atoms with Crippen LogP contribution in [0.2, 0.25) is 0 Å². The number of anilines is 1. The van der Waals surface area contributed by atoms with Crippen LogP contribution in [0.1, 0.15) is 34.5 Å². The van der Waals surface area contributed by atoms with E-state index < -0.39 is 0 Å². The average Bonchev–Trinajstić information content (AvgIpc) is 2.48. The van der Waals surface area contributed by atoms with E-state index >= 15 is 0 Å². The van der Waals surface area contributed by atoms with Crippen molar-refractivity contribution in [2.75, 3.05) is 12.4 Å². The molecule has 0 radical (unpaired) electrons. The third-order valence-electron chi connectivity index (χ3n) is 3.37. The zero-order valence-electron chi connectivity index (χ0n) is 12.3. The van der Waals surface area contributed by atoms with Crippen LogP contribution in [-0.4, -0.2) is 13.1 Å². The van der Waals surface area contributed by atoms with Gasteiger partial charge in [0.05, 0.1) is 12.7 Å². The van der Waals surface area contributed by atoms with E-state index in [1.54, 1.807) is 6.07 Å². The van der Waals surface area contributed by atoms with E-state index in [0.717, 1.165) is 15.7 Å². The molecule has 2 aromatic rings. The van der Waals surface area contributed by atoms with E-state index in [1.807, 2.05) is 31.2 Å². The van der Waals surface area contributed by atoms with Gasteiger partial charge in [-0.15, -0.1) is 0 Å². The van der Waals surface area contributed by atoms with E-state index in [1.165, 1.54) is 12.7 Å². The van der Waals surface area contributed by atoms with Gasteiger partial charge in [-0.3, -0.25) is 0 Å². The molecule has 0 aromatic heterocycles. The van der Waals surface area contributed by atoms with E-state index in [0.29, 0.717) is 5.56 Å². The first-order valence-corrected chi connectivity index (χ1v) is 7.51. The average molecular weight is 348 g/mol. The van der Waals surface area contributed by atoms with Crippen LogP contribution < -0.4 is 5.32 Å². The monoisotopic (exact) mass is 347 g/mol. The molecule has 1 unspecified atom stereocenters. The van der Waals surface area contributed by atoms with E-state index in [2.05, 4.69) is 40.3 Å². The molecule has 110 valence electrons. The zero-order chi connectivity index (χ0) is 15.4. The number of methoxy groups -OCH3 is 1. The topological polar surface area (TPSA) is 38.3 Å². The lowest BCUT2D eigenvalue weighted by Crippen LogP contribution is -2.09. The quantitative estimate of drug-likeness (QED) is 0.813. The minimum Gasteiger partial charge on any atom is -0.465 e. The summed E-state index contributed by atoms with van der Waals surface area (Å²) in [5.41, 5.74) is 3.78. The van der Waals surface area contributed by atoms with Gasteiger partial charge in [-0.1, -0.05) is 28.1 Å². The minimum absolute atomic E-state index is 0.171. The number of nitrogens with one attached hydrogen (secondary N) is 1. The highest BCUT2D eigenvalue weighted by Crippen LogP contribution is 2.24. The van der Waals surface area contributed by atoms with Crippen molar-refractivity contribution in [2.24, 2.45) is 0 Å². The Morgan fingerprint density at radius 1 is 1.24 bits per heavy atom. The summed E-state index contributed by atoms with van der Waals surface area (Å²) in [6.07, 6.45) is 0. The minimum atomic E-state index is -0.315. The van der Waals surface area contributed by atoms with Crippen molar-refractivity contribution in [3.05, 3.63) is 63.6 Å². The predicted molar refractivity (Wildman–Crippen MR) is 88.7 cm³/mol. The molecule has 0 aliphatic rings. The number of carbonyl (C=O) groups is 1. The Balaban J connectivity index is 2.18. The standard InChI is InChI=1S/C17H18BrNO2/c1-11-9-14(17(20)21-3)7-8-16(11)19-12(2)13-5-4-6-15(18)10-13/h4-10,12,19H,1-3H3. The maximum absolute atomic E-state index is 11.5. The highest BCUT2D eigenvalue weighted by molar-refractivity contribution is 9.10. The highest BCUT2D eigenvalue weighted by Gasteiger charge is 2.10. The normalized spacial score (nSPS) is 11.8. The molecular formula is C17H18BrNO2. The van der Waals surface area contributed by atoms with Crippen LogP contribution in [0.3, 0.4) is 0 Å². The summed E-state index contributed by atoms with van der Waals surface area (Å²) in [7, 11) is 1.39. The van der Waals surface area contributed by atoms with Gasteiger partial charge in [0, 0.05) is 16.2 Å². The van der Waals surface area contributed by atoms with E-state index in [9.17, 15) is 4.79 Å². The van der Waals surface area contributed by atoms with Crippen molar-refractivity contribution in [1.82, 2.24) is 0 Å². The molecule has 0 saturated carbocycles. The number of benzene rings is 2. The Morgan fingerprint density at radius 2 is 2.00 bits per heavy atom. The van der Waals surface area contributed by atoms with Crippen LogP contribution in [0, 0.1) is 6.92 Å². The first-order valence-electron chi connectivity index (χ1n) is 6.72. The summed E-state index contributed by atoms with van der Waals surface area (Å²) < 4.78 is 5.79. The number of hydrogen-bond donors (Lipinski definition) is 1. The molecule has 2 rings (SSSR count). The largest absolute Gasteiger partial charge is 0.465 e. The number of hydrogen-bond acceptors (Lipinski definition) is 3. The van der Waals surface area contributed by atoms with Gasteiger partial charge in [-0.2, -0.15) is 0 Å². The van der Waals surface area contributed by atoms with Crippen LogP contribution >= 0.6 is 15.9 Å². The Bertz CT molecular complexity index is 655. The lowest BCUT2D eigenvalue weighted by molar-refractivity contribution is 0.0600. The van der Waals surface area contributed by atoms with Crippen LogP contribution in [-0.2, 0) is 4.74 Å². The summed E-state index contributed by atoms with van der Waals surface area (Å²) in [5, 5.41) is 3.46. The number of esters is 1. The smallest absolute Gasteiger partial charge is 0.337 e. The second-order valence-corrected chi connectivity index (χ2v) is 5.86. The van der Waals surface area contributed by atoms with Crippen molar-refractivity contribution in [1.29, 1.82) is 0 Å². The van der Waals surface area contributed by atoms with Crippen molar-refractivity contribution in [2.45, 2.75) is 19.9 Å². The van der Waals surface area contributed by atoms with Gasteiger partial charge < -0.3 is 10.1 Å². The maximum atomic E-state index is 11.5. The number of carbonyl (C=O) groups excluding carboxylic acids is 1. The Labute approximate surface area is 133 Å². The fraction of sp³-hybridized carbons (Fsp3) is 0.235. The lowest BCUT2D eigenvalue weighted by atomic mass is 10.1. The second kappa shape index (κ2) is 6.76. The van der Waals surface area contributed by atoms with Crippen LogP contribution in [0.25, 0.3) is 0 Å². The molecule has 4 heteroatoms. The molecule has 0 spiro atoms. The molecule has 0 saturated heterocycles. The molecule has 0 aliphatic heterocycles. The summed E-state index contributed by atoms with van der Waals surface area (Å²) in [4.78, 5) is 11.5. The molecular weight excluding hydrogens is 330 g/mol. The number of aryl methyl sites for hydroxylation is 1. The molecule has 2 aromatic carbocycles. The summed E-state index contributed by atoms with van der Waals surface area (Å²) in [5.74, 6) is -0.315. The fourth-order valence-electron chi connectivity index (χ4n) is 2.16. The van der Waals surface area contributed by atoms with E-state index in [4.69, 9.17) is 4.74 Å². The zero-order valence-corrected chi connectivity index (χ0v) is 13.9. The number of halogens is 1. The SMILES string of the molecule is COC(=O)c1ccc(NC(C)c2cccc(Br)c2)c(C)c1. The van der Waals surface area contributed by atoms with Crippen molar-refractivity contribution < 1.29 is 9.53 Å². The van der Waals surface area contributed by atoms with Gasteiger partial charge in [0.15, 0.2) is 0 Å². The Hall–Kier alpha value is -1.81. The van der Waals surface area contributed by atoms with Gasteiger partial charge in [0.1, 0.15) is 0 Å². The molecule has 0 amide bonds. The van der Waals surface area contributed by atoms with E-state index in [-0.39, 0.29) is 12.0 Å². The summed E-state index contributed by atoms with van der Waals surface area (Å²) in [6.45, 7) is 4.08. The Morgan fingerprint density at radius 3 is 2.62 bits per heavy atom. The van der Waals surface area contributed by atoms with Crippen molar-refractivity contribution >= 4 is 27.6 Å². The molecule has 3 nitrogen and oxygen atoms in total. The van der Waals surface area contributed by atoms with Crippen LogP contribution in [0.15, 0.2) is 46.9 Å². The van der Waals surface area contributed by atoms with Gasteiger partial charge in [-0.25, -0.2) is 4.79 Å². The first-order chi connectivity index (χ1) is 10.0. The molecule has 0 bridgehead atoms. The molecule has 0 fully saturated rings. The van der Waals surface area contributed by atoms with Gasteiger partial charge in [0.25, 0.3) is 0 Å². The van der Waals surface area contributed by atoms with Crippen molar-refractivity contribution in [3.8, 4) is 0 Å². The third kappa shape index (κ3) is 3.85. The van der Waals surface area contributed by atoms with Crippen LogP contribution in [0.5, 0.6) is 0 Å². The molecule has 21 heavy (non-hydrogen) atoms. The first kappa shape index (κ1) is 15.6. The van der Waals surface area contributed by atoms with Gasteiger partial charge >= 0.3 is 5.97 Å². The fourth-order valence-corrected chi connectivity index (χ4v) is 2.58. The van der Waals surface area contributed by atoms with Gasteiger partial charge in [0.2, 0.25) is 0 Å². The number of ether oxygens (including phenoxy) is 1. The maximum Gasteiger partial charge on any atom is 0.337 e. The number of rotatable bonds is 4. The summed E-state index contributed by atoms with van der Waals surface area (Å²) in [6, 6.07) is 13.9. The van der Waals surface area contributed by atoms with Crippen molar-refractivity contribution in [3.63, 3.8) is 0 Å². The summed E-state index contributed by atoms with van der Waals surface area (Å²) >= 11 is 3.48. The lowest BCUT2D eigenvalue weighted by Gasteiger charge is -2.18. The predicted octanol–water partition coefficient (Wildman–Crippen LogP) is 4.72. The van der Waals surface area contributed by atoms with Gasteiger partial charge in [-0.05, 0) is 55.3 Å². The third-order valence-corrected chi connectivity index (χ3v) is 3.86. The Kier molecular flexibility index (Phi) is 5.02. The highest BCUT2D eigenvalue weighted by atomic mass is 79.9.